The van der Waals surface area contributed by atoms with E-state index in [9.17, 15) is 9.59 Å². The quantitative estimate of drug-likeness (QED) is 0.436. The van der Waals surface area contributed by atoms with E-state index in [1.807, 2.05) is 87.5 Å². The lowest BCUT2D eigenvalue weighted by Gasteiger charge is -2.26. The molecule has 3 rings (SSSR count). The van der Waals surface area contributed by atoms with Crippen LogP contribution in [0, 0.1) is 0 Å². The van der Waals surface area contributed by atoms with E-state index in [0.29, 0.717) is 18.7 Å². The Morgan fingerprint density at radius 3 is 1.79 bits per heavy atom. The third-order valence-corrected chi connectivity index (χ3v) is 5.47. The van der Waals surface area contributed by atoms with E-state index in [4.69, 9.17) is 4.74 Å². The van der Waals surface area contributed by atoms with E-state index in [1.54, 1.807) is 4.90 Å². The van der Waals surface area contributed by atoms with Gasteiger partial charge >= 0.3 is 6.09 Å². The van der Waals surface area contributed by atoms with Crippen molar-refractivity contribution in [1.29, 1.82) is 0 Å². The summed E-state index contributed by atoms with van der Waals surface area (Å²) in [5, 5.41) is 2.78. The van der Waals surface area contributed by atoms with Crippen LogP contribution in [-0.4, -0.2) is 42.1 Å². The predicted octanol–water partition coefficient (Wildman–Crippen LogP) is 5.88. The average Bonchev–Trinajstić information content (AvgIpc) is 2.83. The topological polar surface area (TPSA) is 58.6 Å². The fourth-order valence-corrected chi connectivity index (χ4v) is 3.85. The third kappa shape index (κ3) is 7.77. The van der Waals surface area contributed by atoms with Crippen LogP contribution in [0.3, 0.4) is 0 Å². The van der Waals surface area contributed by atoms with Crippen LogP contribution in [-0.2, 0) is 4.74 Å². The van der Waals surface area contributed by atoms with Crippen molar-refractivity contribution in [2.45, 2.75) is 38.6 Å². The minimum atomic E-state index is -0.481. The fraction of sp³-hybridized carbons (Fsp3) is 0.310. The van der Waals surface area contributed by atoms with Gasteiger partial charge in [-0.05, 0) is 50.5 Å². The zero-order valence-electron chi connectivity index (χ0n) is 20.2. The molecule has 34 heavy (non-hydrogen) atoms. The number of hydrogen-bond donors (Lipinski definition) is 1. The first-order chi connectivity index (χ1) is 16.3. The summed E-state index contributed by atoms with van der Waals surface area (Å²) >= 11 is 0. The SMILES string of the molecule is CC(C)(C)NC(=O)OCCN(CCC(c1ccccc1)c1ccccc1)C(=O)c1ccccc1. The summed E-state index contributed by atoms with van der Waals surface area (Å²) in [7, 11) is 0. The molecule has 0 aliphatic rings. The Labute approximate surface area is 202 Å². The maximum atomic E-state index is 13.3. The molecule has 3 aromatic carbocycles. The van der Waals surface area contributed by atoms with Crippen LogP contribution in [0.4, 0.5) is 4.79 Å². The summed E-state index contributed by atoms with van der Waals surface area (Å²) in [5.41, 5.74) is 2.66. The summed E-state index contributed by atoms with van der Waals surface area (Å²) in [6.45, 7) is 6.67. The number of hydrogen-bond acceptors (Lipinski definition) is 3. The second-order valence-corrected chi connectivity index (χ2v) is 9.33. The van der Waals surface area contributed by atoms with Gasteiger partial charge < -0.3 is 15.0 Å². The van der Waals surface area contributed by atoms with Gasteiger partial charge in [-0.3, -0.25) is 4.79 Å². The number of nitrogens with zero attached hydrogens (tertiary/aromatic N) is 1. The molecule has 0 unspecified atom stereocenters. The first-order valence-electron chi connectivity index (χ1n) is 11.7. The van der Waals surface area contributed by atoms with Gasteiger partial charge in [0.05, 0.1) is 6.54 Å². The van der Waals surface area contributed by atoms with E-state index < -0.39 is 6.09 Å². The summed E-state index contributed by atoms with van der Waals surface area (Å²) < 4.78 is 5.37. The Morgan fingerprint density at radius 2 is 1.29 bits per heavy atom. The molecular weight excluding hydrogens is 424 g/mol. The van der Waals surface area contributed by atoms with Crippen LogP contribution in [0.5, 0.6) is 0 Å². The lowest BCUT2D eigenvalue weighted by atomic mass is 9.88. The van der Waals surface area contributed by atoms with Crippen molar-refractivity contribution in [3.8, 4) is 0 Å². The highest BCUT2D eigenvalue weighted by Crippen LogP contribution is 2.28. The number of nitrogens with one attached hydrogen (secondary N) is 1. The van der Waals surface area contributed by atoms with E-state index in [1.165, 1.54) is 11.1 Å². The maximum absolute atomic E-state index is 13.3. The second kappa shape index (κ2) is 12.0. The number of carbonyl (C=O) groups excluding carboxylic acids is 2. The molecule has 0 radical (unpaired) electrons. The Balaban J connectivity index is 1.74. The first-order valence-corrected chi connectivity index (χ1v) is 11.7. The van der Waals surface area contributed by atoms with Crippen molar-refractivity contribution in [2.24, 2.45) is 0 Å². The number of amides is 2. The van der Waals surface area contributed by atoms with Gasteiger partial charge in [0, 0.05) is 23.6 Å². The molecule has 0 saturated carbocycles. The summed E-state index contributed by atoms with van der Waals surface area (Å²) in [4.78, 5) is 27.2. The number of alkyl carbamates (subject to hydrolysis) is 1. The van der Waals surface area contributed by atoms with Crippen LogP contribution in [0.25, 0.3) is 0 Å². The maximum Gasteiger partial charge on any atom is 0.407 e. The molecule has 5 nitrogen and oxygen atoms in total. The molecule has 5 heteroatoms. The van der Waals surface area contributed by atoms with Gasteiger partial charge in [-0.15, -0.1) is 0 Å². The van der Waals surface area contributed by atoms with E-state index in [0.717, 1.165) is 6.42 Å². The van der Waals surface area contributed by atoms with E-state index >= 15 is 0 Å². The monoisotopic (exact) mass is 458 g/mol. The third-order valence-electron chi connectivity index (χ3n) is 5.47. The van der Waals surface area contributed by atoms with Crippen molar-refractivity contribution in [2.75, 3.05) is 19.7 Å². The lowest BCUT2D eigenvalue weighted by Crippen LogP contribution is -2.42. The van der Waals surface area contributed by atoms with Crippen molar-refractivity contribution in [1.82, 2.24) is 10.2 Å². The Bertz CT molecular complexity index is 992. The molecule has 0 aliphatic carbocycles. The van der Waals surface area contributed by atoms with Crippen molar-refractivity contribution in [3.05, 3.63) is 108 Å². The van der Waals surface area contributed by atoms with Gasteiger partial charge in [-0.25, -0.2) is 4.79 Å². The molecule has 0 saturated heterocycles. The molecule has 0 fully saturated rings. The molecular formula is C29H34N2O3. The normalized spacial score (nSPS) is 11.2. The molecule has 178 valence electrons. The average molecular weight is 459 g/mol. The number of benzene rings is 3. The van der Waals surface area contributed by atoms with Gasteiger partial charge in [0.25, 0.3) is 5.91 Å². The molecule has 2 amide bonds. The zero-order valence-corrected chi connectivity index (χ0v) is 20.2. The highest BCUT2D eigenvalue weighted by atomic mass is 16.5. The number of rotatable bonds is 9. The van der Waals surface area contributed by atoms with Crippen LogP contribution in [0.15, 0.2) is 91.0 Å². The predicted molar refractivity (Wildman–Crippen MR) is 136 cm³/mol. The highest BCUT2D eigenvalue weighted by Gasteiger charge is 2.21. The minimum absolute atomic E-state index is 0.0692. The Morgan fingerprint density at radius 1 is 0.794 bits per heavy atom. The van der Waals surface area contributed by atoms with Crippen LogP contribution in [0.2, 0.25) is 0 Å². The van der Waals surface area contributed by atoms with Gasteiger partial charge in [0.1, 0.15) is 6.61 Å². The Hall–Kier alpha value is -3.60. The van der Waals surface area contributed by atoms with Gasteiger partial charge in [-0.2, -0.15) is 0 Å². The summed E-state index contributed by atoms with van der Waals surface area (Å²) in [6.07, 6.45) is 0.270. The molecule has 0 spiro atoms. The lowest BCUT2D eigenvalue weighted by molar-refractivity contribution is 0.0687. The molecule has 0 aromatic heterocycles. The summed E-state index contributed by atoms with van der Waals surface area (Å²) in [6, 6.07) is 29.9. The molecule has 1 N–H and O–H groups in total. The fourth-order valence-electron chi connectivity index (χ4n) is 3.85. The number of carbonyl (C=O) groups is 2. The largest absolute Gasteiger partial charge is 0.448 e. The Kier molecular flexibility index (Phi) is 8.86. The molecule has 0 bridgehead atoms. The van der Waals surface area contributed by atoms with Gasteiger partial charge in [0.15, 0.2) is 0 Å². The number of ether oxygens (including phenoxy) is 1. The van der Waals surface area contributed by atoms with E-state index in [-0.39, 0.29) is 24.0 Å². The first kappa shape index (κ1) is 25.0. The van der Waals surface area contributed by atoms with Gasteiger partial charge in [0.2, 0.25) is 0 Å². The second-order valence-electron chi connectivity index (χ2n) is 9.33. The van der Waals surface area contributed by atoms with Crippen molar-refractivity contribution < 1.29 is 14.3 Å². The minimum Gasteiger partial charge on any atom is -0.448 e. The van der Waals surface area contributed by atoms with Crippen LogP contribution >= 0.6 is 0 Å². The highest BCUT2D eigenvalue weighted by molar-refractivity contribution is 5.94. The molecule has 0 atom stereocenters. The summed E-state index contributed by atoms with van der Waals surface area (Å²) in [5.74, 6) is 0.0823. The zero-order chi connectivity index (χ0) is 24.4. The smallest absolute Gasteiger partial charge is 0.407 e. The standard InChI is InChI=1S/C29H34N2O3/c1-29(2,3)30-28(33)34-22-21-31(27(32)25-17-11-6-12-18-25)20-19-26(23-13-7-4-8-14-23)24-15-9-5-10-16-24/h4-18,26H,19-22H2,1-3H3,(H,30,33). The van der Waals surface area contributed by atoms with Crippen LogP contribution < -0.4 is 5.32 Å². The van der Waals surface area contributed by atoms with Crippen molar-refractivity contribution in [3.63, 3.8) is 0 Å². The molecule has 0 aliphatic heterocycles. The van der Waals surface area contributed by atoms with Gasteiger partial charge in [-0.1, -0.05) is 78.9 Å². The van der Waals surface area contributed by atoms with Crippen molar-refractivity contribution >= 4 is 12.0 Å². The molecule has 0 heterocycles. The van der Waals surface area contributed by atoms with Crippen LogP contribution in [0.1, 0.15) is 54.6 Å². The van der Waals surface area contributed by atoms with E-state index in [2.05, 4.69) is 29.6 Å². The molecule has 3 aromatic rings.